The lowest BCUT2D eigenvalue weighted by molar-refractivity contribution is 0.0258. The standard InChI is InChI=1S/C20H20N4O5S/c1-10-15-18(22-9-23-19(15)30-16(10)20(26)27)24-13-3-2-11(17(21)25)8-14(13)29-12-4-6-28-7-5-12/h2-3,8-9,12H,4-7H2,1H3,(H2,21,25)(H,26,27)(H,22,23,24). The molecular formula is C20H20N4O5S. The predicted octanol–water partition coefficient (Wildman–Crippen LogP) is 3.10. The Labute approximate surface area is 175 Å². The third kappa shape index (κ3) is 3.91. The Bertz CT molecular complexity index is 1120. The number of carboxylic acid groups (broad SMARTS) is 1. The molecule has 1 fully saturated rings. The Morgan fingerprint density at radius 3 is 2.77 bits per heavy atom. The zero-order valence-electron chi connectivity index (χ0n) is 16.2. The number of aryl methyl sites for hydroxylation is 1. The van der Waals surface area contributed by atoms with Gasteiger partial charge in [-0.3, -0.25) is 4.79 Å². The van der Waals surface area contributed by atoms with E-state index in [0.717, 1.165) is 24.2 Å². The number of carboxylic acids is 1. The molecule has 1 aliphatic heterocycles. The summed E-state index contributed by atoms with van der Waals surface area (Å²) in [5, 5.41) is 13.3. The molecule has 0 aliphatic carbocycles. The fraction of sp³-hybridized carbons (Fsp3) is 0.300. The summed E-state index contributed by atoms with van der Waals surface area (Å²) in [5.41, 5.74) is 6.94. The van der Waals surface area contributed by atoms with Crippen LogP contribution in [-0.4, -0.2) is 46.3 Å². The third-order valence-electron chi connectivity index (χ3n) is 4.90. The van der Waals surface area contributed by atoms with E-state index in [1.54, 1.807) is 25.1 Å². The molecule has 0 unspecified atom stereocenters. The highest BCUT2D eigenvalue weighted by Gasteiger charge is 2.21. The number of aromatic carboxylic acids is 1. The number of benzene rings is 1. The molecule has 1 saturated heterocycles. The number of fused-ring (bicyclic) bond motifs is 1. The van der Waals surface area contributed by atoms with E-state index in [9.17, 15) is 14.7 Å². The lowest BCUT2D eigenvalue weighted by Gasteiger charge is -2.25. The van der Waals surface area contributed by atoms with Crippen LogP contribution in [0.1, 0.15) is 38.4 Å². The van der Waals surface area contributed by atoms with E-state index in [-0.39, 0.29) is 11.0 Å². The summed E-state index contributed by atoms with van der Waals surface area (Å²) in [5.74, 6) is -0.625. The number of hydrogen-bond donors (Lipinski definition) is 3. The van der Waals surface area contributed by atoms with Gasteiger partial charge in [0.05, 0.1) is 24.3 Å². The minimum absolute atomic E-state index is 0.0469. The van der Waals surface area contributed by atoms with Crippen molar-refractivity contribution >= 4 is 44.9 Å². The summed E-state index contributed by atoms with van der Waals surface area (Å²) in [4.78, 5) is 32.5. The Morgan fingerprint density at radius 2 is 2.07 bits per heavy atom. The fourth-order valence-corrected chi connectivity index (χ4v) is 4.34. The zero-order valence-corrected chi connectivity index (χ0v) is 17.0. The lowest BCUT2D eigenvalue weighted by atomic mass is 10.1. The fourth-order valence-electron chi connectivity index (χ4n) is 3.35. The molecule has 3 heterocycles. The first-order chi connectivity index (χ1) is 14.4. The summed E-state index contributed by atoms with van der Waals surface area (Å²) in [6.45, 7) is 2.95. The van der Waals surface area contributed by atoms with Crippen molar-refractivity contribution in [3.8, 4) is 5.75 Å². The van der Waals surface area contributed by atoms with Crippen LogP contribution in [0.4, 0.5) is 11.5 Å². The van der Waals surface area contributed by atoms with Gasteiger partial charge in [-0.2, -0.15) is 0 Å². The van der Waals surface area contributed by atoms with E-state index in [4.69, 9.17) is 15.2 Å². The van der Waals surface area contributed by atoms with Crippen LogP contribution >= 0.6 is 11.3 Å². The maximum absolute atomic E-state index is 11.7. The van der Waals surface area contributed by atoms with Gasteiger partial charge in [0.1, 0.15) is 33.7 Å². The molecule has 3 aromatic rings. The number of nitrogens with zero attached hydrogens (tertiary/aromatic N) is 2. The quantitative estimate of drug-likeness (QED) is 0.545. The van der Waals surface area contributed by atoms with Gasteiger partial charge in [-0.25, -0.2) is 14.8 Å². The molecular weight excluding hydrogens is 408 g/mol. The Hall–Kier alpha value is -3.24. The molecule has 1 aliphatic rings. The molecule has 1 aromatic carbocycles. The first-order valence-electron chi connectivity index (χ1n) is 9.36. The van der Waals surface area contributed by atoms with Crippen molar-refractivity contribution in [2.24, 2.45) is 5.73 Å². The number of amides is 1. The van der Waals surface area contributed by atoms with Crippen LogP contribution in [-0.2, 0) is 4.74 Å². The Kier molecular flexibility index (Phi) is 5.51. The van der Waals surface area contributed by atoms with Gasteiger partial charge < -0.3 is 25.6 Å². The molecule has 0 atom stereocenters. The molecule has 4 N–H and O–H groups in total. The second kappa shape index (κ2) is 8.25. The van der Waals surface area contributed by atoms with Crippen LogP contribution < -0.4 is 15.8 Å². The molecule has 1 amide bonds. The van der Waals surface area contributed by atoms with Gasteiger partial charge in [-0.1, -0.05) is 0 Å². The summed E-state index contributed by atoms with van der Waals surface area (Å²) in [6, 6.07) is 4.90. The van der Waals surface area contributed by atoms with Gasteiger partial charge in [0, 0.05) is 18.4 Å². The van der Waals surface area contributed by atoms with Crippen molar-refractivity contribution in [3.63, 3.8) is 0 Å². The lowest BCUT2D eigenvalue weighted by Crippen LogP contribution is -2.26. The summed E-state index contributed by atoms with van der Waals surface area (Å²) in [7, 11) is 0. The maximum Gasteiger partial charge on any atom is 0.346 e. The number of nitrogens with one attached hydrogen (secondary N) is 1. The average Bonchev–Trinajstić information content (AvgIpc) is 3.08. The van der Waals surface area contributed by atoms with Crippen LogP contribution in [0.15, 0.2) is 24.5 Å². The van der Waals surface area contributed by atoms with E-state index in [2.05, 4.69) is 15.3 Å². The van der Waals surface area contributed by atoms with Crippen LogP contribution in [0.5, 0.6) is 5.75 Å². The highest BCUT2D eigenvalue weighted by molar-refractivity contribution is 7.20. The first-order valence-corrected chi connectivity index (χ1v) is 10.2. The van der Waals surface area contributed by atoms with Gasteiger partial charge >= 0.3 is 5.97 Å². The third-order valence-corrected chi connectivity index (χ3v) is 6.09. The summed E-state index contributed by atoms with van der Waals surface area (Å²) >= 11 is 1.10. The average molecular weight is 428 g/mol. The second-order valence-electron chi connectivity index (χ2n) is 6.89. The summed E-state index contributed by atoms with van der Waals surface area (Å²) < 4.78 is 11.5. The van der Waals surface area contributed by atoms with Crippen molar-refractivity contribution in [2.75, 3.05) is 18.5 Å². The summed E-state index contributed by atoms with van der Waals surface area (Å²) in [6.07, 6.45) is 2.81. The van der Waals surface area contributed by atoms with E-state index in [1.807, 2.05) is 0 Å². The SMILES string of the molecule is Cc1c(C(=O)O)sc2ncnc(Nc3ccc(C(N)=O)cc3OC3CCOCC3)c12. The number of thiophene rings is 1. The van der Waals surface area contributed by atoms with Crippen molar-refractivity contribution in [3.05, 3.63) is 40.5 Å². The zero-order chi connectivity index (χ0) is 21.3. The molecule has 4 rings (SSSR count). The van der Waals surface area contributed by atoms with Crippen molar-refractivity contribution < 1.29 is 24.2 Å². The highest BCUT2D eigenvalue weighted by Crippen LogP contribution is 2.37. The van der Waals surface area contributed by atoms with Gasteiger partial charge in [0.15, 0.2) is 0 Å². The minimum atomic E-state index is -1.00. The molecule has 0 saturated carbocycles. The van der Waals surface area contributed by atoms with Gasteiger partial charge in [0.25, 0.3) is 0 Å². The Morgan fingerprint density at radius 1 is 1.30 bits per heavy atom. The van der Waals surface area contributed by atoms with Crippen molar-refractivity contribution in [2.45, 2.75) is 25.9 Å². The molecule has 0 radical (unpaired) electrons. The minimum Gasteiger partial charge on any atom is -0.488 e. The number of ether oxygens (including phenoxy) is 2. The molecule has 30 heavy (non-hydrogen) atoms. The Balaban J connectivity index is 1.73. The molecule has 0 spiro atoms. The van der Waals surface area contributed by atoms with Gasteiger partial charge in [-0.15, -0.1) is 11.3 Å². The van der Waals surface area contributed by atoms with Crippen molar-refractivity contribution in [1.29, 1.82) is 0 Å². The first kappa shape index (κ1) is 20.0. The topological polar surface area (TPSA) is 137 Å². The van der Waals surface area contributed by atoms with Crippen LogP contribution in [0.2, 0.25) is 0 Å². The number of primary amides is 1. The molecule has 0 bridgehead atoms. The number of rotatable bonds is 6. The van der Waals surface area contributed by atoms with E-state index >= 15 is 0 Å². The predicted molar refractivity (Wildman–Crippen MR) is 112 cm³/mol. The van der Waals surface area contributed by atoms with E-state index in [1.165, 1.54) is 6.33 Å². The largest absolute Gasteiger partial charge is 0.488 e. The van der Waals surface area contributed by atoms with Crippen LogP contribution in [0.3, 0.4) is 0 Å². The number of carbonyl (C=O) groups is 2. The second-order valence-corrected chi connectivity index (χ2v) is 7.89. The van der Waals surface area contributed by atoms with Gasteiger partial charge in [0.2, 0.25) is 5.91 Å². The van der Waals surface area contributed by atoms with E-state index < -0.39 is 11.9 Å². The van der Waals surface area contributed by atoms with Gasteiger partial charge in [-0.05, 0) is 30.7 Å². The molecule has 156 valence electrons. The highest BCUT2D eigenvalue weighted by atomic mass is 32.1. The molecule has 2 aromatic heterocycles. The maximum atomic E-state index is 11.7. The smallest absolute Gasteiger partial charge is 0.346 e. The number of carbonyl (C=O) groups excluding carboxylic acids is 1. The number of hydrogen-bond acceptors (Lipinski definition) is 8. The van der Waals surface area contributed by atoms with Crippen molar-refractivity contribution in [1.82, 2.24) is 9.97 Å². The molecule has 10 heteroatoms. The number of aromatic nitrogens is 2. The monoisotopic (exact) mass is 428 g/mol. The van der Waals surface area contributed by atoms with Crippen LogP contribution in [0, 0.1) is 6.92 Å². The normalized spacial score (nSPS) is 14.6. The van der Waals surface area contributed by atoms with Crippen LogP contribution in [0.25, 0.3) is 10.2 Å². The number of nitrogens with two attached hydrogens (primary N) is 1. The van der Waals surface area contributed by atoms with E-state index in [0.29, 0.717) is 51.8 Å². The molecule has 9 nitrogen and oxygen atoms in total. The number of anilines is 2.